The molecule has 0 aromatic heterocycles. The van der Waals surface area contributed by atoms with E-state index in [0.29, 0.717) is 6.42 Å². The molecular weight excluding hydrogens is 384 g/mol. The molecule has 1 fully saturated rings. The molecule has 132 valence electrons. The Hall–Kier alpha value is -1.53. The first-order valence-corrected chi connectivity index (χ1v) is 9.29. The third-order valence-electron chi connectivity index (χ3n) is 4.88. The molecule has 2 atom stereocenters. The predicted molar refractivity (Wildman–Crippen MR) is 98.2 cm³/mol. The van der Waals surface area contributed by atoms with Crippen LogP contribution < -0.4 is 0 Å². The molecule has 1 heterocycles. The van der Waals surface area contributed by atoms with Crippen molar-refractivity contribution in [3.63, 3.8) is 0 Å². The van der Waals surface area contributed by atoms with Crippen molar-refractivity contribution in [3.05, 3.63) is 71.8 Å². The van der Waals surface area contributed by atoms with Crippen molar-refractivity contribution < 1.29 is 19.3 Å². The molecule has 0 radical (unpaired) electrons. The largest absolute Gasteiger partial charge is 0.350 e. The first-order valence-electron chi connectivity index (χ1n) is 8.17. The lowest BCUT2D eigenvalue weighted by Crippen LogP contribution is -2.54. The van der Waals surface area contributed by atoms with Gasteiger partial charge >= 0.3 is 0 Å². The SMILES string of the molecule is COC1(C)OOC(c2ccccc2)(c2ccccc2)CC1C(=O)CBr. The smallest absolute Gasteiger partial charge is 0.208 e. The molecule has 5 heteroatoms. The number of methoxy groups -OCH3 is 1. The van der Waals surface area contributed by atoms with Gasteiger partial charge in [0.1, 0.15) is 0 Å². The average Bonchev–Trinajstić information content (AvgIpc) is 2.69. The molecule has 0 aliphatic carbocycles. The summed E-state index contributed by atoms with van der Waals surface area (Å²) in [5.41, 5.74) is 1.00. The second-order valence-electron chi connectivity index (χ2n) is 6.30. The molecule has 4 nitrogen and oxygen atoms in total. The molecule has 0 spiro atoms. The van der Waals surface area contributed by atoms with E-state index in [-0.39, 0.29) is 11.1 Å². The number of alkyl halides is 1. The van der Waals surface area contributed by atoms with Gasteiger partial charge in [0.15, 0.2) is 11.4 Å². The third kappa shape index (κ3) is 3.29. The van der Waals surface area contributed by atoms with E-state index in [1.165, 1.54) is 7.11 Å². The summed E-state index contributed by atoms with van der Waals surface area (Å²) in [5, 5.41) is 0.236. The van der Waals surface area contributed by atoms with Crippen LogP contribution in [0.2, 0.25) is 0 Å². The topological polar surface area (TPSA) is 44.8 Å². The summed E-state index contributed by atoms with van der Waals surface area (Å²) in [7, 11) is 1.52. The van der Waals surface area contributed by atoms with Gasteiger partial charge in [0.25, 0.3) is 0 Å². The van der Waals surface area contributed by atoms with Gasteiger partial charge in [-0.05, 0) is 18.1 Å². The molecule has 1 aliphatic rings. The van der Waals surface area contributed by atoms with Gasteiger partial charge in [0.2, 0.25) is 5.79 Å². The highest BCUT2D eigenvalue weighted by Crippen LogP contribution is 2.48. The Labute approximate surface area is 156 Å². The minimum atomic E-state index is -1.13. The van der Waals surface area contributed by atoms with Crippen LogP contribution in [0.5, 0.6) is 0 Å². The lowest BCUT2D eigenvalue weighted by Gasteiger charge is -2.47. The van der Waals surface area contributed by atoms with Crippen molar-refractivity contribution in [1.82, 2.24) is 0 Å². The summed E-state index contributed by atoms with van der Waals surface area (Å²) in [4.78, 5) is 24.3. The Balaban J connectivity index is 2.12. The lowest BCUT2D eigenvalue weighted by atomic mass is 9.75. The first-order chi connectivity index (χ1) is 12.1. The highest BCUT2D eigenvalue weighted by Gasteiger charge is 2.54. The number of carbonyl (C=O) groups excluding carboxylic acids is 1. The van der Waals surface area contributed by atoms with Crippen molar-refractivity contribution in [1.29, 1.82) is 0 Å². The van der Waals surface area contributed by atoms with E-state index in [4.69, 9.17) is 14.5 Å². The zero-order valence-electron chi connectivity index (χ0n) is 14.3. The van der Waals surface area contributed by atoms with Crippen LogP contribution in [0.15, 0.2) is 60.7 Å². The Morgan fingerprint density at radius 3 is 2.04 bits per heavy atom. The van der Waals surface area contributed by atoms with Crippen molar-refractivity contribution >= 4 is 21.7 Å². The van der Waals surface area contributed by atoms with Gasteiger partial charge < -0.3 is 4.74 Å². The number of halogens is 1. The van der Waals surface area contributed by atoms with Crippen molar-refractivity contribution in [2.45, 2.75) is 24.7 Å². The number of hydrogen-bond acceptors (Lipinski definition) is 4. The maximum Gasteiger partial charge on any atom is 0.208 e. The number of rotatable bonds is 5. The van der Waals surface area contributed by atoms with Gasteiger partial charge in [-0.1, -0.05) is 76.6 Å². The Morgan fingerprint density at radius 1 is 1.08 bits per heavy atom. The van der Waals surface area contributed by atoms with Crippen LogP contribution in [0.3, 0.4) is 0 Å². The average molecular weight is 405 g/mol. The number of ketones is 1. The molecular formula is C20H21BrO4. The number of hydrogen-bond donors (Lipinski definition) is 0. The summed E-state index contributed by atoms with van der Waals surface area (Å²) in [5.74, 6) is -1.59. The van der Waals surface area contributed by atoms with Crippen LogP contribution >= 0.6 is 15.9 Å². The van der Waals surface area contributed by atoms with Crippen LogP contribution in [-0.2, 0) is 24.9 Å². The van der Waals surface area contributed by atoms with Crippen molar-refractivity contribution in [2.75, 3.05) is 12.4 Å². The Morgan fingerprint density at radius 2 is 1.60 bits per heavy atom. The zero-order chi connectivity index (χ0) is 17.9. The molecule has 0 bridgehead atoms. The molecule has 2 aromatic rings. The monoisotopic (exact) mass is 404 g/mol. The maximum atomic E-state index is 12.6. The summed E-state index contributed by atoms with van der Waals surface area (Å²) < 4.78 is 5.49. The first kappa shape index (κ1) is 18.3. The second-order valence-corrected chi connectivity index (χ2v) is 6.86. The zero-order valence-corrected chi connectivity index (χ0v) is 15.9. The van der Waals surface area contributed by atoms with Crippen molar-refractivity contribution in [3.8, 4) is 0 Å². The van der Waals surface area contributed by atoms with E-state index >= 15 is 0 Å². The third-order valence-corrected chi connectivity index (χ3v) is 5.43. The fourth-order valence-electron chi connectivity index (χ4n) is 3.31. The molecule has 1 aliphatic heterocycles. The molecule has 0 N–H and O–H groups in total. The number of Topliss-reactive ketones (excluding diaryl/α,β-unsaturated/α-hetero) is 1. The maximum absolute atomic E-state index is 12.6. The van der Waals surface area contributed by atoms with Crippen LogP contribution in [0.25, 0.3) is 0 Å². The predicted octanol–water partition coefficient (Wildman–Crippen LogP) is 4.22. The molecule has 2 unspecified atom stereocenters. The highest BCUT2D eigenvalue weighted by atomic mass is 79.9. The van der Waals surface area contributed by atoms with E-state index < -0.39 is 17.3 Å². The van der Waals surface area contributed by atoms with E-state index in [9.17, 15) is 4.79 Å². The minimum absolute atomic E-state index is 0.0175. The number of carbonyl (C=O) groups is 1. The molecule has 0 saturated carbocycles. The van der Waals surface area contributed by atoms with Gasteiger partial charge in [0, 0.05) is 13.5 Å². The van der Waals surface area contributed by atoms with Crippen LogP contribution in [-0.4, -0.2) is 24.0 Å². The van der Waals surface area contributed by atoms with Gasteiger partial charge in [0.05, 0.1) is 11.2 Å². The van der Waals surface area contributed by atoms with E-state index in [1.54, 1.807) is 6.92 Å². The summed E-state index contributed by atoms with van der Waals surface area (Å²) in [6.07, 6.45) is 0.426. The molecule has 1 saturated heterocycles. The molecule has 2 aromatic carbocycles. The summed E-state index contributed by atoms with van der Waals surface area (Å²) >= 11 is 3.28. The highest BCUT2D eigenvalue weighted by molar-refractivity contribution is 9.09. The van der Waals surface area contributed by atoms with Crippen LogP contribution in [0.4, 0.5) is 0 Å². The van der Waals surface area contributed by atoms with Crippen LogP contribution in [0, 0.1) is 5.92 Å². The molecule has 0 amide bonds. The quantitative estimate of drug-likeness (QED) is 0.552. The van der Waals surface area contributed by atoms with Crippen LogP contribution in [0.1, 0.15) is 24.5 Å². The van der Waals surface area contributed by atoms with E-state index in [0.717, 1.165) is 11.1 Å². The van der Waals surface area contributed by atoms with Gasteiger partial charge in [-0.3, -0.25) is 4.79 Å². The Bertz CT molecular complexity index is 679. The molecule has 25 heavy (non-hydrogen) atoms. The Kier molecular flexibility index (Phi) is 5.39. The van der Waals surface area contributed by atoms with Crippen molar-refractivity contribution in [2.24, 2.45) is 5.92 Å². The molecule has 3 rings (SSSR count). The van der Waals surface area contributed by atoms with Gasteiger partial charge in [-0.15, -0.1) is 0 Å². The van der Waals surface area contributed by atoms with Gasteiger partial charge in [-0.2, -0.15) is 4.89 Å². The minimum Gasteiger partial charge on any atom is -0.350 e. The van der Waals surface area contributed by atoms with E-state index in [2.05, 4.69) is 15.9 Å². The normalized spacial score (nSPS) is 25.5. The summed E-state index contributed by atoms with van der Waals surface area (Å²) in [6.45, 7) is 1.73. The lowest BCUT2D eigenvalue weighted by molar-refractivity contribution is -0.491. The fourth-order valence-corrected chi connectivity index (χ4v) is 3.70. The standard InChI is InChI=1S/C20H21BrO4/c1-19(23-2)17(18(22)14-21)13-20(25-24-19,15-9-5-3-6-10-15)16-11-7-4-8-12-16/h3-12,17H,13-14H2,1-2H3. The van der Waals surface area contributed by atoms with Gasteiger partial charge in [-0.25, -0.2) is 4.89 Å². The summed E-state index contributed by atoms with van der Waals surface area (Å²) in [6, 6.07) is 19.7. The fraction of sp³-hybridized carbons (Fsp3) is 0.350. The van der Waals surface area contributed by atoms with E-state index in [1.807, 2.05) is 60.7 Å². The second kappa shape index (κ2) is 7.38. The number of benzene rings is 2. The number of ether oxygens (including phenoxy) is 1.